The van der Waals surface area contributed by atoms with Gasteiger partial charge < -0.3 is 9.64 Å². The molecule has 3 rings (SSSR count). The number of ether oxygens (including phenoxy) is 1. The van der Waals surface area contributed by atoms with Gasteiger partial charge in [0.2, 0.25) is 0 Å². The van der Waals surface area contributed by atoms with E-state index in [1.54, 1.807) is 23.6 Å². The van der Waals surface area contributed by atoms with Crippen molar-refractivity contribution in [1.82, 2.24) is 14.7 Å². The molecule has 2 aromatic rings. The molecule has 0 aliphatic carbocycles. The predicted octanol–water partition coefficient (Wildman–Crippen LogP) is 1.93. The second-order valence-corrected chi connectivity index (χ2v) is 5.60. The molecule has 0 spiro atoms. The maximum Gasteiger partial charge on any atom is 0.359 e. The number of hydrogen-bond acceptors (Lipinski definition) is 4. The van der Waals surface area contributed by atoms with E-state index in [0.717, 1.165) is 11.3 Å². The summed E-state index contributed by atoms with van der Waals surface area (Å²) in [7, 11) is 1.78. The highest BCUT2D eigenvalue weighted by Gasteiger charge is 2.30. The highest BCUT2D eigenvalue weighted by Crippen LogP contribution is 2.24. The van der Waals surface area contributed by atoms with Crippen LogP contribution in [-0.4, -0.2) is 39.7 Å². The van der Waals surface area contributed by atoms with Crippen LogP contribution in [0.5, 0.6) is 0 Å². The van der Waals surface area contributed by atoms with Crippen LogP contribution in [0.1, 0.15) is 39.0 Å². The number of amides is 1. The number of nitrogens with zero attached hydrogens (tertiary/aromatic N) is 3. The van der Waals surface area contributed by atoms with Gasteiger partial charge in [-0.15, -0.1) is 0 Å². The SMILES string of the molecule is CCOC(=O)c1nn(C)c2c1CN(C(=O)c1ccc(F)cc1)CC2. The van der Waals surface area contributed by atoms with Crippen LogP contribution >= 0.6 is 0 Å². The third-order valence-corrected chi connectivity index (χ3v) is 4.09. The number of benzene rings is 1. The molecule has 0 radical (unpaired) electrons. The van der Waals surface area contributed by atoms with Crippen LogP contribution in [0.4, 0.5) is 4.39 Å². The third kappa shape index (κ3) is 2.89. The molecule has 0 saturated heterocycles. The molecule has 1 aliphatic heterocycles. The first kappa shape index (κ1) is 16.2. The van der Waals surface area contributed by atoms with Crippen LogP contribution in [-0.2, 0) is 24.8 Å². The van der Waals surface area contributed by atoms with Crippen molar-refractivity contribution in [2.45, 2.75) is 19.9 Å². The summed E-state index contributed by atoms with van der Waals surface area (Å²) in [5.74, 6) is -1.06. The topological polar surface area (TPSA) is 64.4 Å². The van der Waals surface area contributed by atoms with Gasteiger partial charge in [-0.3, -0.25) is 9.48 Å². The summed E-state index contributed by atoms with van der Waals surface area (Å²) in [6, 6.07) is 5.44. The summed E-state index contributed by atoms with van der Waals surface area (Å²) in [5.41, 5.74) is 2.33. The van der Waals surface area contributed by atoms with E-state index in [4.69, 9.17) is 4.74 Å². The predicted molar refractivity (Wildman–Crippen MR) is 84.0 cm³/mol. The molecule has 1 aromatic heterocycles. The van der Waals surface area contributed by atoms with Gasteiger partial charge in [-0.25, -0.2) is 9.18 Å². The van der Waals surface area contributed by atoms with Gasteiger partial charge in [0.1, 0.15) is 5.82 Å². The molecule has 2 heterocycles. The second-order valence-electron chi connectivity index (χ2n) is 5.60. The Hall–Kier alpha value is -2.70. The van der Waals surface area contributed by atoms with E-state index in [1.807, 2.05) is 0 Å². The van der Waals surface area contributed by atoms with Crippen LogP contribution in [0.15, 0.2) is 24.3 Å². The standard InChI is InChI=1S/C17H18FN3O3/c1-3-24-17(23)15-13-10-21(9-8-14(13)20(2)19-15)16(22)11-4-6-12(18)7-5-11/h4-7H,3,8-10H2,1-2H3. The molecule has 0 fully saturated rings. The Labute approximate surface area is 138 Å². The van der Waals surface area contributed by atoms with Crippen molar-refractivity contribution in [2.24, 2.45) is 7.05 Å². The third-order valence-electron chi connectivity index (χ3n) is 4.09. The minimum absolute atomic E-state index is 0.195. The van der Waals surface area contributed by atoms with Gasteiger partial charge in [0.05, 0.1) is 13.2 Å². The van der Waals surface area contributed by atoms with Gasteiger partial charge >= 0.3 is 5.97 Å². The number of rotatable bonds is 3. The minimum Gasteiger partial charge on any atom is -0.461 e. The number of carbonyl (C=O) groups is 2. The number of hydrogen-bond donors (Lipinski definition) is 0. The summed E-state index contributed by atoms with van der Waals surface area (Å²) in [5, 5.41) is 4.24. The zero-order valence-electron chi connectivity index (χ0n) is 13.6. The van der Waals surface area contributed by atoms with E-state index in [9.17, 15) is 14.0 Å². The lowest BCUT2D eigenvalue weighted by Crippen LogP contribution is -2.36. The van der Waals surface area contributed by atoms with Crippen molar-refractivity contribution in [1.29, 1.82) is 0 Å². The van der Waals surface area contributed by atoms with Crippen LogP contribution in [0, 0.1) is 5.82 Å². The lowest BCUT2D eigenvalue weighted by Gasteiger charge is -2.27. The fourth-order valence-corrected chi connectivity index (χ4v) is 2.90. The first-order valence-electron chi connectivity index (χ1n) is 7.78. The number of fused-ring (bicyclic) bond motifs is 1. The lowest BCUT2D eigenvalue weighted by atomic mass is 10.0. The Bertz CT molecular complexity index is 783. The van der Waals surface area contributed by atoms with Gasteiger partial charge in [0, 0.05) is 36.8 Å². The average molecular weight is 331 g/mol. The summed E-state index contributed by atoms with van der Waals surface area (Å²) < 4.78 is 19.7. The van der Waals surface area contributed by atoms with Gasteiger partial charge in [-0.1, -0.05) is 0 Å². The van der Waals surface area contributed by atoms with Crippen LogP contribution < -0.4 is 0 Å². The Morgan fingerprint density at radius 2 is 2.00 bits per heavy atom. The fourth-order valence-electron chi connectivity index (χ4n) is 2.90. The van der Waals surface area contributed by atoms with Crippen molar-refractivity contribution in [3.8, 4) is 0 Å². The van der Waals surface area contributed by atoms with Gasteiger partial charge in [-0.05, 0) is 31.2 Å². The van der Waals surface area contributed by atoms with Gasteiger partial charge in [0.15, 0.2) is 5.69 Å². The molecule has 0 atom stereocenters. The Balaban J connectivity index is 1.86. The molecule has 24 heavy (non-hydrogen) atoms. The number of halogens is 1. The number of aromatic nitrogens is 2. The molecule has 0 N–H and O–H groups in total. The highest BCUT2D eigenvalue weighted by molar-refractivity contribution is 5.95. The van der Waals surface area contributed by atoms with Crippen molar-refractivity contribution in [3.63, 3.8) is 0 Å². The molecule has 0 saturated carbocycles. The Morgan fingerprint density at radius 3 is 2.67 bits per heavy atom. The van der Waals surface area contributed by atoms with Crippen molar-refractivity contribution in [2.75, 3.05) is 13.2 Å². The highest BCUT2D eigenvalue weighted by atomic mass is 19.1. The molecule has 0 unspecified atom stereocenters. The summed E-state index contributed by atoms with van der Waals surface area (Å²) in [6.45, 7) is 2.80. The second kappa shape index (κ2) is 6.43. The Kier molecular flexibility index (Phi) is 4.33. The number of aryl methyl sites for hydroxylation is 1. The molecule has 126 valence electrons. The van der Waals surface area contributed by atoms with Crippen molar-refractivity contribution in [3.05, 3.63) is 52.6 Å². The van der Waals surface area contributed by atoms with E-state index in [1.165, 1.54) is 24.3 Å². The van der Waals surface area contributed by atoms with Crippen LogP contribution in [0.2, 0.25) is 0 Å². The monoisotopic (exact) mass is 331 g/mol. The van der Waals surface area contributed by atoms with E-state index >= 15 is 0 Å². The Morgan fingerprint density at radius 1 is 1.29 bits per heavy atom. The average Bonchev–Trinajstić information content (AvgIpc) is 2.92. The summed E-state index contributed by atoms with van der Waals surface area (Å²) in [6.07, 6.45) is 0.602. The molecular weight excluding hydrogens is 313 g/mol. The van der Waals surface area contributed by atoms with Crippen molar-refractivity contribution >= 4 is 11.9 Å². The molecule has 1 amide bonds. The van der Waals surface area contributed by atoms with E-state index in [-0.39, 0.29) is 30.6 Å². The molecule has 6 nitrogen and oxygen atoms in total. The van der Waals surface area contributed by atoms with Crippen molar-refractivity contribution < 1.29 is 18.7 Å². The molecule has 7 heteroatoms. The number of carbonyl (C=O) groups excluding carboxylic acids is 2. The maximum atomic E-state index is 13.0. The van der Waals surface area contributed by atoms with E-state index in [2.05, 4.69) is 5.10 Å². The zero-order chi connectivity index (χ0) is 17.3. The summed E-state index contributed by atoms with van der Waals surface area (Å²) in [4.78, 5) is 26.3. The largest absolute Gasteiger partial charge is 0.461 e. The molecular formula is C17H18FN3O3. The van der Waals surface area contributed by atoms with E-state index in [0.29, 0.717) is 18.5 Å². The molecule has 1 aromatic carbocycles. The normalized spacial score (nSPS) is 13.5. The quantitative estimate of drug-likeness (QED) is 0.806. The van der Waals surface area contributed by atoms with Gasteiger partial charge in [0.25, 0.3) is 5.91 Å². The maximum absolute atomic E-state index is 13.0. The fraction of sp³-hybridized carbons (Fsp3) is 0.353. The van der Waals surface area contributed by atoms with E-state index < -0.39 is 5.97 Å². The van der Waals surface area contributed by atoms with Gasteiger partial charge in [-0.2, -0.15) is 5.10 Å². The minimum atomic E-state index is -0.481. The van der Waals surface area contributed by atoms with Crippen LogP contribution in [0.25, 0.3) is 0 Å². The molecule has 1 aliphatic rings. The zero-order valence-corrected chi connectivity index (χ0v) is 13.6. The first-order chi connectivity index (χ1) is 11.5. The number of esters is 1. The smallest absolute Gasteiger partial charge is 0.359 e. The lowest BCUT2D eigenvalue weighted by molar-refractivity contribution is 0.0513. The van der Waals surface area contributed by atoms with Crippen LogP contribution in [0.3, 0.4) is 0 Å². The first-order valence-corrected chi connectivity index (χ1v) is 7.78. The molecule has 0 bridgehead atoms. The summed E-state index contributed by atoms with van der Waals surface area (Å²) >= 11 is 0.